The first-order valence-corrected chi connectivity index (χ1v) is 4.82. The molecule has 0 aliphatic rings. The van der Waals surface area contributed by atoms with E-state index in [1.807, 2.05) is 6.92 Å². The number of aryl methyl sites for hydroxylation is 1. The zero-order valence-electron chi connectivity index (χ0n) is 9.17. The van der Waals surface area contributed by atoms with Gasteiger partial charge in [0.1, 0.15) is 12.9 Å². The van der Waals surface area contributed by atoms with Crippen LogP contribution in [-0.4, -0.2) is 45.4 Å². The van der Waals surface area contributed by atoms with Crippen LogP contribution in [0.4, 0.5) is 0 Å². The molecule has 0 aliphatic carbocycles. The van der Waals surface area contributed by atoms with Crippen molar-refractivity contribution < 1.29 is 14.7 Å². The van der Waals surface area contributed by atoms with Gasteiger partial charge < -0.3 is 10.0 Å². The molecule has 1 heterocycles. The van der Waals surface area contributed by atoms with Crippen molar-refractivity contribution in [1.82, 2.24) is 14.9 Å². The van der Waals surface area contributed by atoms with Crippen molar-refractivity contribution in [2.75, 3.05) is 13.6 Å². The van der Waals surface area contributed by atoms with Gasteiger partial charge in [-0.15, -0.1) is 0 Å². The Hall–Kier alpha value is -1.98. The Morgan fingerprint density at radius 3 is 2.75 bits per heavy atom. The molecule has 0 aromatic carbocycles. The van der Waals surface area contributed by atoms with Crippen LogP contribution in [0.1, 0.15) is 23.0 Å². The molecule has 0 radical (unpaired) electrons. The molecule has 0 unspecified atom stereocenters. The molecule has 1 aromatic heterocycles. The largest absolute Gasteiger partial charge is 0.480 e. The summed E-state index contributed by atoms with van der Waals surface area (Å²) in [6.07, 6.45) is 3.38. The average Bonchev–Trinajstić information content (AvgIpc) is 2.27. The van der Waals surface area contributed by atoms with E-state index in [9.17, 15) is 9.59 Å². The minimum absolute atomic E-state index is 0.336. The minimum Gasteiger partial charge on any atom is -0.480 e. The van der Waals surface area contributed by atoms with E-state index in [0.717, 1.165) is 4.90 Å². The normalized spacial score (nSPS) is 9.88. The van der Waals surface area contributed by atoms with Gasteiger partial charge in [0.2, 0.25) is 0 Å². The molecule has 0 atom stereocenters. The fourth-order valence-electron chi connectivity index (χ4n) is 1.30. The van der Waals surface area contributed by atoms with E-state index >= 15 is 0 Å². The Bertz CT molecular complexity index is 406. The Labute approximate surface area is 92.9 Å². The number of carbonyl (C=O) groups is 2. The van der Waals surface area contributed by atoms with Crippen molar-refractivity contribution in [2.24, 2.45) is 0 Å². The number of aliphatic carboxylic acids is 1. The molecular formula is C10H13N3O3. The first-order valence-electron chi connectivity index (χ1n) is 4.82. The van der Waals surface area contributed by atoms with Gasteiger partial charge in [-0.3, -0.25) is 9.59 Å². The molecule has 0 saturated heterocycles. The average molecular weight is 223 g/mol. The lowest BCUT2D eigenvalue weighted by Gasteiger charge is -2.15. The molecule has 1 N–H and O–H groups in total. The van der Waals surface area contributed by atoms with Crippen LogP contribution < -0.4 is 0 Å². The SMILES string of the molecule is CCc1ncncc1C(=O)N(C)CC(=O)O. The molecule has 6 heteroatoms. The fraction of sp³-hybridized carbons (Fsp3) is 0.400. The number of amides is 1. The molecule has 0 saturated carbocycles. The van der Waals surface area contributed by atoms with Gasteiger partial charge in [0, 0.05) is 13.2 Å². The smallest absolute Gasteiger partial charge is 0.323 e. The van der Waals surface area contributed by atoms with Gasteiger partial charge in [-0.1, -0.05) is 6.92 Å². The maximum atomic E-state index is 11.8. The van der Waals surface area contributed by atoms with E-state index in [0.29, 0.717) is 17.7 Å². The number of rotatable bonds is 4. The van der Waals surface area contributed by atoms with Crippen molar-refractivity contribution in [1.29, 1.82) is 0 Å². The van der Waals surface area contributed by atoms with Crippen LogP contribution in [0.5, 0.6) is 0 Å². The number of nitrogens with zero attached hydrogens (tertiary/aromatic N) is 3. The number of carbonyl (C=O) groups excluding carboxylic acids is 1. The fourth-order valence-corrected chi connectivity index (χ4v) is 1.30. The lowest BCUT2D eigenvalue weighted by molar-refractivity contribution is -0.137. The van der Waals surface area contributed by atoms with E-state index in [1.54, 1.807) is 0 Å². The van der Waals surface area contributed by atoms with E-state index in [1.165, 1.54) is 19.6 Å². The third-order valence-corrected chi connectivity index (χ3v) is 2.08. The zero-order valence-corrected chi connectivity index (χ0v) is 9.17. The third-order valence-electron chi connectivity index (χ3n) is 2.08. The highest BCUT2D eigenvalue weighted by Crippen LogP contribution is 2.07. The lowest BCUT2D eigenvalue weighted by Crippen LogP contribution is -2.32. The summed E-state index contributed by atoms with van der Waals surface area (Å²) < 4.78 is 0. The molecule has 0 bridgehead atoms. The number of hydrogen-bond donors (Lipinski definition) is 1. The molecule has 0 aliphatic heterocycles. The Morgan fingerprint density at radius 2 is 2.19 bits per heavy atom. The van der Waals surface area contributed by atoms with E-state index in [2.05, 4.69) is 9.97 Å². The molecule has 86 valence electrons. The molecule has 16 heavy (non-hydrogen) atoms. The summed E-state index contributed by atoms with van der Waals surface area (Å²) in [5, 5.41) is 8.58. The van der Waals surface area contributed by atoms with Gasteiger partial charge in [-0.25, -0.2) is 9.97 Å². The maximum absolute atomic E-state index is 11.8. The second-order valence-corrected chi connectivity index (χ2v) is 3.29. The summed E-state index contributed by atoms with van der Waals surface area (Å²) in [5.74, 6) is -1.43. The molecule has 0 fully saturated rings. The highest BCUT2D eigenvalue weighted by molar-refractivity contribution is 5.96. The first-order chi connectivity index (χ1) is 7.56. The van der Waals surface area contributed by atoms with Crippen molar-refractivity contribution in [2.45, 2.75) is 13.3 Å². The third kappa shape index (κ3) is 2.75. The Kier molecular flexibility index (Phi) is 3.93. The van der Waals surface area contributed by atoms with Gasteiger partial charge in [-0.05, 0) is 6.42 Å². The molecular weight excluding hydrogens is 210 g/mol. The highest BCUT2D eigenvalue weighted by atomic mass is 16.4. The van der Waals surface area contributed by atoms with Crippen LogP contribution in [0.15, 0.2) is 12.5 Å². The second-order valence-electron chi connectivity index (χ2n) is 3.29. The van der Waals surface area contributed by atoms with Gasteiger partial charge in [-0.2, -0.15) is 0 Å². The van der Waals surface area contributed by atoms with Gasteiger partial charge in [0.05, 0.1) is 11.3 Å². The summed E-state index contributed by atoms with van der Waals surface area (Å²) >= 11 is 0. The second kappa shape index (κ2) is 5.20. The van der Waals surface area contributed by atoms with Crippen LogP contribution in [0.2, 0.25) is 0 Å². The molecule has 6 nitrogen and oxygen atoms in total. The molecule has 1 amide bonds. The lowest BCUT2D eigenvalue weighted by atomic mass is 10.1. The Balaban J connectivity index is 2.91. The van der Waals surface area contributed by atoms with E-state index < -0.39 is 5.97 Å². The van der Waals surface area contributed by atoms with Crippen LogP contribution in [0.3, 0.4) is 0 Å². The summed E-state index contributed by atoms with van der Waals surface area (Å²) in [4.78, 5) is 31.2. The highest BCUT2D eigenvalue weighted by Gasteiger charge is 2.17. The summed E-state index contributed by atoms with van der Waals surface area (Å²) in [5.41, 5.74) is 0.978. The van der Waals surface area contributed by atoms with E-state index in [-0.39, 0.29) is 12.5 Å². The monoisotopic (exact) mass is 223 g/mol. The Morgan fingerprint density at radius 1 is 1.50 bits per heavy atom. The summed E-state index contributed by atoms with van der Waals surface area (Å²) in [6.45, 7) is 1.53. The van der Waals surface area contributed by atoms with Gasteiger partial charge in [0.25, 0.3) is 5.91 Å². The predicted octanol–water partition coefficient (Wildman–Crippen LogP) is 0.196. The van der Waals surface area contributed by atoms with Crippen LogP contribution in [0.25, 0.3) is 0 Å². The van der Waals surface area contributed by atoms with Crippen LogP contribution in [0, 0.1) is 0 Å². The maximum Gasteiger partial charge on any atom is 0.323 e. The predicted molar refractivity (Wildman–Crippen MR) is 56.0 cm³/mol. The van der Waals surface area contributed by atoms with Crippen molar-refractivity contribution >= 4 is 11.9 Å². The summed E-state index contributed by atoms with van der Waals surface area (Å²) in [6, 6.07) is 0. The topological polar surface area (TPSA) is 83.4 Å². The standard InChI is InChI=1S/C10H13N3O3/c1-3-8-7(4-11-6-12-8)10(16)13(2)5-9(14)15/h4,6H,3,5H2,1-2H3,(H,14,15). The number of aromatic nitrogens is 2. The number of carboxylic acids is 1. The number of likely N-dealkylation sites (N-methyl/N-ethyl adjacent to an activating group) is 1. The zero-order chi connectivity index (χ0) is 12.1. The number of carboxylic acid groups (broad SMARTS) is 1. The van der Waals surface area contributed by atoms with E-state index in [4.69, 9.17) is 5.11 Å². The van der Waals surface area contributed by atoms with Crippen LogP contribution >= 0.6 is 0 Å². The van der Waals surface area contributed by atoms with Gasteiger partial charge >= 0.3 is 5.97 Å². The van der Waals surface area contributed by atoms with Crippen molar-refractivity contribution in [3.8, 4) is 0 Å². The quantitative estimate of drug-likeness (QED) is 0.788. The van der Waals surface area contributed by atoms with Gasteiger partial charge in [0.15, 0.2) is 0 Å². The number of hydrogen-bond acceptors (Lipinski definition) is 4. The van der Waals surface area contributed by atoms with Crippen molar-refractivity contribution in [3.05, 3.63) is 23.8 Å². The molecule has 0 spiro atoms. The minimum atomic E-state index is -1.05. The van der Waals surface area contributed by atoms with Crippen LogP contribution in [-0.2, 0) is 11.2 Å². The van der Waals surface area contributed by atoms with Crippen molar-refractivity contribution in [3.63, 3.8) is 0 Å². The summed E-state index contributed by atoms with van der Waals surface area (Å²) in [7, 11) is 1.43. The first kappa shape index (κ1) is 12.1. The molecule has 1 rings (SSSR count). The molecule has 1 aromatic rings.